The Balaban J connectivity index is 1.70. The van der Waals surface area contributed by atoms with E-state index in [1.807, 2.05) is 30.3 Å². The van der Waals surface area contributed by atoms with Gasteiger partial charge < -0.3 is 5.32 Å². The number of halogens is 2. The summed E-state index contributed by atoms with van der Waals surface area (Å²) in [4.78, 5) is 1.59. The van der Waals surface area contributed by atoms with Gasteiger partial charge >= 0.3 is 0 Å². The van der Waals surface area contributed by atoms with Crippen molar-refractivity contribution in [1.29, 1.82) is 0 Å². The zero-order chi connectivity index (χ0) is 14.7. The first-order valence-corrected chi connectivity index (χ1v) is 7.46. The fourth-order valence-electron chi connectivity index (χ4n) is 1.88. The summed E-state index contributed by atoms with van der Waals surface area (Å²) in [6.45, 7) is 0.536. The number of rotatable bonds is 4. The molecule has 0 bridgehead atoms. The van der Waals surface area contributed by atoms with Crippen molar-refractivity contribution in [2.45, 2.75) is 6.54 Å². The predicted molar refractivity (Wildman–Crippen MR) is 87.8 cm³/mol. The molecule has 3 aromatic rings. The van der Waals surface area contributed by atoms with Crippen LogP contribution < -0.4 is 5.32 Å². The minimum absolute atomic E-state index is 0.236. The van der Waals surface area contributed by atoms with Crippen molar-refractivity contribution in [3.05, 3.63) is 69.8 Å². The lowest BCUT2D eigenvalue weighted by Gasteiger charge is -2.06. The molecule has 0 fully saturated rings. The Labute approximate surface area is 135 Å². The number of para-hydroxylation sites is 1. The van der Waals surface area contributed by atoms with Gasteiger partial charge in [0.2, 0.25) is 0 Å². The normalized spacial score (nSPS) is 10.6. The molecule has 0 aliphatic heterocycles. The highest BCUT2D eigenvalue weighted by Crippen LogP contribution is 2.19. The Hall–Kier alpha value is -1.96. The fraction of sp³-hybridized carbons (Fsp3) is 0.0667. The molecule has 2 aromatic carbocycles. The van der Waals surface area contributed by atoms with Gasteiger partial charge in [0.15, 0.2) is 0 Å². The van der Waals surface area contributed by atoms with Crippen LogP contribution >= 0.6 is 22.6 Å². The lowest BCUT2D eigenvalue weighted by atomic mass is 10.3. The van der Waals surface area contributed by atoms with Crippen molar-refractivity contribution in [3.63, 3.8) is 0 Å². The quantitative estimate of drug-likeness (QED) is 0.688. The third kappa shape index (κ3) is 3.38. The lowest BCUT2D eigenvalue weighted by Crippen LogP contribution is -2.03. The van der Waals surface area contributed by atoms with Crippen LogP contribution in [0.25, 0.3) is 5.69 Å². The van der Waals surface area contributed by atoms with Crippen LogP contribution in [0.2, 0.25) is 0 Å². The third-order valence-electron chi connectivity index (χ3n) is 2.92. The average Bonchev–Trinajstić information content (AvgIpc) is 2.96. The van der Waals surface area contributed by atoms with E-state index in [0.29, 0.717) is 6.54 Å². The molecule has 0 saturated heterocycles. The van der Waals surface area contributed by atoms with E-state index < -0.39 is 0 Å². The largest absolute Gasteiger partial charge is 0.378 e. The van der Waals surface area contributed by atoms with Gasteiger partial charge in [-0.3, -0.25) is 0 Å². The van der Waals surface area contributed by atoms with Crippen molar-refractivity contribution in [2.75, 3.05) is 5.32 Å². The molecule has 3 rings (SSSR count). The summed E-state index contributed by atoms with van der Waals surface area (Å²) in [7, 11) is 0. The first-order chi connectivity index (χ1) is 10.2. The highest BCUT2D eigenvalue weighted by molar-refractivity contribution is 14.1. The summed E-state index contributed by atoms with van der Waals surface area (Å²) in [5.74, 6) is -0.236. The summed E-state index contributed by atoms with van der Waals surface area (Å²) in [6, 6.07) is 14.4. The summed E-state index contributed by atoms with van der Waals surface area (Å²) in [5, 5.41) is 11.9. The van der Waals surface area contributed by atoms with E-state index in [1.165, 1.54) is 12.1 Å². The molecule has 0 atom stereocenters. The second kappa shape index (κ2) is 6.21. The van der Waals surface area contributed by atoms with Crippen molar-refractivity contribution in [2.24, 2.45) is 0 Å². The van der Waals surface area contributed by atoms with Crippen molar-refractivity contribution >= 4 is 28.3 Å². The molecule has 0 saturated carbocycles. The van der Waals surface area contributed by atoms with E-state index >= 15 is 0 Å². The topological polar surface area (TPSA) is 42.7 Å². The summed E-state index contributed by atoms with van der Waals surface area (Å²) < 4.78 is 13.9. The predicted octanol–water partition coefficient (Wildman–Crippen LogP) is 3.62. The monoisotopic (exact) mass is 394 g/mol. The molecular formula is C15H12FIN4. The molecule has 0 radical (unpaired) electrons. The molecule has 1 aromatic heterocycles. The van der Waals surface area contributed by atoms with Crippen LogP contribution in [0.1, 0.15) is 5.69 Å². The number of nitrogens with one attached hydrogen (secondary N) is 1. The first-order valence-electron chi connectivity index (χ1n) is 6.38. The fourth-order valence-corrected chi connectivity index (χ4v) is 2.55. The maximum Gasteiger partial charge on any atom is 0.124 e. The van der Waals surface area contributed by atoms with E-state index in [9.17, 15) is 4.39 Å². The first kappa shape index (κ1) is 14.0. The minimum Gasteiger partial charge on any atom is -0.378 e. The molecule has 1 heterocycles. The molecule has 0 unspecified atom stereocenters. The lowest BCUT2D eigenvalue weighted by molar-refractivity contribution is 0.627. The Bertz CT molecular complexity index is 742. The van der Waals surface area contributed by atoms with Crippen molar-refractivity contribution in [1.82, 2.24) is 15.0 Å². The van der Waals surface area contributed by atoms with E-state index in [4.69, 9.17) is 0 Å². The Morgan fingerprint density at radius 3 is 2.71 bits per heavy atom. The van der Waals surface area contributed by atoms with Gasteiger partial charge in [-0.1, -0.05) is 18.2 Å². The van der Waals surface area contributed by atoms with Gasteiger partial charge in [0.05, 0.1) is 18.4 Å². The SMILES string of the molecule is Fc1ccc(NCc2cnn(-c3ccccc3)n2)c(I)c1. The molecule has 21 heavy (non-hydrogen) atoms. The minimum atomic E-state index is -0.236. The highest BCUT2D eigenvalue weighted by atomic mass is 127. The van der Waals surface area contributed by atoms with Gasteiger partial charge in [-0.05, 0) is 52.9 Å². The molecule has 0 aliphatic rings. The summed E-state index contributed by atoms with van der Waals surface area (Å²) in [6.07, 6.45) is 1.72. The van der Waals surface area contributed by atoms with Gasteiger partial charge in [0.1, 0.15) is 11.5 Å². The van der Waals surface area contributed by atoms with Crippen LogP contribution in [-0.4, -0.2) is 15.0 Å². The van der Waals surface area contributed by atoms with Crippen LogP contribution in [0, 0.1) is 9.39 Å². The standard InChI is InChI=1S/C15H12FIN4/c16-11-6-7-15(14(17)8-11)18-9-12-10-19-21(20-12)13-4-2-1-3-5-13/h1-8,10,18H,9H2. The van der Waals surface area contributed by atoms with Crippen LogP contribution in [0.15, 0.2) is 54.7 Å². The second-order valence-electron chi connectivity index (χ2n) is 4.44. The number of nitrogens with zero attached hydrogens (tertiary/aromatic N) is 3. The Morgan fingerprint density at radius 2 is 1.95 bits per heavy atom. The van der Waals surface area contributed by atoms with Crippen LogP contribution in [-0.2, 0) is 6.54 Å². The number of benzene rings is 2. The molecule has 106 valence electrons. The number of aromatic nitrogens is 3. The Morgan fingerprint density at radius 1 is 1.14 bits per heavy atom. The molecule has 1 N–H and O–H groups in total. The van der Waals surface area contributed by atoms with Crippen molar-refractivity contribution in [3.8, 4) is 5.69 Å². The third-order valence-corrected chi connectivity index (χ3v) is 3.81. The van der Waals surface area contributed by atoms with E-state index in [1.54, 1.807) is 17.1 Å². The molecule has 0 aliphatic carbocycles. The smallest absolute Gasteiger partial charge is 0.124 e. The van der Waals surface area contributed by atoms with E-state index in [2.05, 4.69) is 38.1 Å². The van der Waals surface area contributed by atoms with Gasteiger partial charge in [-0.15, -0.1) is 0 Å². The van der Waals surface area contributed by atoms with Gasteiger partial charge in [-0.25, -0.2) is 4.39 Å². The molecule has 4 nitrogen and oxygen atoms in total. The maximum atomic E-state index is 13.0. The molecular weight excluding hydrogens is 382 g/mol. The van der Waals surface area contributed by atoms with Crippen LogP contribution in [0.3, 0.4) is 0 Å². The summed E-state index contributed by atoms with van der Waals surface area (Å²) in [5.41, 5.74) is 2.62. The van der Waals surface area contributed by atoms with Crippen LogP contribution in [0.4, 0.5) is 10.1 Å². The zero-order valence-electron chi connectivity index (χ0n) is 11.0. The number of anilines is 1. The molecule has 0 spiro atoms. The Kier molecular flexibility index (Phi) is 4.14. The van der Waals surface area contributed by atoms with E-state index in [-0.39, 0.29) is 5.82 Å². The van der Waals surface area contributed by atoms with Crippen molar-refractivity contribution < 1.29 is 4.39 Å². The molecule has 0 amide bonds. The maximum absolute atomic E-state index is 13.0. The summed E-state index contributed by atoms with van der Waals surface area (Å²) >= 11 is 2.10. The van der Waals surface area contributed by atoms with Gasteiger partial charge in [-0.2, -0.15) is 15.0 Å². The second-order valence-corrected chi connectivity index (χ2v) is 5.60. The average molecular weight is 394 g/mol. The zero-order valence-corrected chi connectivity index (χ0v) is 13.2. The van der Waals surface area contributed by atoms with Gasteiger partial charge in [0, 0.05) is 9.26 Å². The van der Waals surface area contributed by atoms with E-state index in [0.717, 1.165) is 20.6 Å². The number of hydrogen-bond acceptors (Lipinski definition) is 3. The van der Waals surface area contributed by atoms with Crippen LogP contribution in [0.5, 0.6) is 0 Å². The van der Waals surface area contributed by atoms with Gasteiger partial charge in [0.25, 0.3) is 0 Å². The number of hydrogen-bond donors (Lipinski definition) is 1. The highest BCUT2D eigenvalue weighted by Gasteiger charge is 2.05. The molecule has 6 heteroatoms.